The lowest BCUT2D eigenvalue weighted by atomic mass is 9.92. The van der Waals surface area contributed by atoms with Crippen LogP contribution in [-0.4, -0.2) is 42.5 Å². The highest BCUT2D eigenvalue weighted by Crippen LogP contribution is 2.36. The predicted octanol–water partition coefficient (Wildman–Crippen LogP) is 4.65. The number of esters is 2. The Labute approximate surface area is 199 Å². The third-order valence-corrected chi connectivity index (χ3v) is 5.16. The number of carbonyl (C=O) groups excluding carboxylic acids is 2. The van der Waals surface area contributed by atoms with Crippen LogP contribution in [0.2, 0.25) is 0 Å². The maximum absolute atomic E-state index is 12.7. The minimum absolute atomic E-state index is 0.0181. The lowest BCUT2D eigenvalue weighted by Gasteiger charge is -2.32. The molecule has 0 spiro atoms. The summed E-state index contributed by atoms with van der Waals surface area (Å²) in [5.74, 6) is -2.10. The molecule has 2 aromatic carbocycles. The number of phenolic OH excluding ortho intramolecular Hbond substituents is 1. The Morgan fingerprint density at radius 3 is 2.40 bits per heavy atom. The van der Waals surface area contributed by atoms with Crippen LogP contribution < -0.4 is 4.74 Å². The summed E-state index contributed by atoms with van der Waals surface area (Å²) in [6, 6.07) is 9.13. The number of phenols is 1. The lowest BCUT2D eigenvalue weighted by Crippen LogP contribution is -2.27. The highest BCUT2D eigenvalue weighted by atomic mass is 19.4. The average Bonchev–Trinajstić information content (AvgIpc) is 2.79. The molecule has 0 fully saturated rings. The van der Waals surface area contributed by atoms with Crippen LogP contribution in [0.3, 0.4) is 0 Å². The van der Waals surface area contributed by atoms with E-state index in [2.05, 4.69) is 11.3 Å². The van der Waals surface area contributed by atoms with Crippen molar-refractivity contribution in [3.63, 3.8) is 0 Å². The van der Waals surface area contributed by atoms with E-state index in [1.54, 1.807) is 17.0 Å². The number of alkyl halides is 3. The molecule has 1 heterocycles. The Hall–Kier alpha value is -4.21. The van der Waals surface area contributed by atoms with Crippen LogP contribution in [0.5, 0.6) is 11.5 Å². The summed E-state index contributed by atoms with van der Waals surface area (Å²) in [5.41, 5.74) is 1.19. The summed E-state index contributed by atoms with van der Waals surface area (Å²) in [6.45, 7) is 3.83. The van der Waals surface area contributed by atoms with Gasteiger partial charge in [0.05, 0.1) is 31.4 Å². The Morgan fingerprint density at radius 2 is 1.77 bits per heavy atom. The SMILES string of the molecule is C=CC1c2cc(O)ccc2C=C(C(=O)OC)C(C(=O)OC)=CN1Cc1cccc(OC(F)(F)F)c1. The molecule has 0 aromatic heterocycles. The molecule has 2 aromatic rings. The third kappa shape index (κ3) is 6.03. The van der Waals surface area contributed by atoms with Crippen LogP contribution in [0.25, 0.3) is 6.08 Å². The van der Waals surface area contributed by atoms with Gasteiger partial charge in [0.1, 0.15) is 11.5 Å². The molecule has 1 aliphatic heterocycles. The summed E-state index contributed by atoms with van der Waals surface area (Å²) in [7, 11) is 2.31. The second kappa shape index (κ2) is 10.4. The van der Waals surface area contributed by atoms with E-state index in [-0.39, 0.29) is 23.4 Å². The zero-order valence-electron chi connectivity index (χ0n) is 18.8. The smallest absolute Gasteiger partial charge is 0.508 e. The van der Waals surface area contributed by atoms with Crippen LogP contribution in [0.4, 0.5) is 13.2 Å². The van der Waals surface area contributed by atoms with Crippen molar-refractivity contribution in [3.8, 4) is 11.5 Å². The first kappa shape index (κ1) is 25.4. The number of carbonyl (C=O) groups is 2. The topological polar surface area (TPSA) is 85.3 Å². The number of methoxy groups -OCH3 is 2. The molecule has 1 N–H and O–H groups in total. The highest BCUT2D eigenvalue weighted by Gasteiger charge is 2.32. The number of hydrogen-bond donors (Lipinski definition) is 1. The monoisotopic (exact) mass is 489 g/mol. The van der Waals surface area contributed by atoms with Gasteiger partial charge < -0.3 is 24.2 Å². The van der Waals surface area contributed by atoms with Gasteiger partial charge in [-0.2, -0.15) is 0 Å². The molecule has 0 saturated heterocycles. The Balaban J connectivity index is 2.19. The first-order valence-electron chi connectivity index (χ1n) is 10.2. The van der Waals surface area contributed by atoms with Gasteiger partial charge in [-0.3, -0.25) is 0 Å². The van der Waals surface area contributed by atoms with Crippen LogP contribution in [0, 0.1) is 0 Å². The second-order valence-corrected chi connectivity index (χ2v) is 7.45. The van der Waals surface area contributed by atoms with Crippen molar-refractivity contribution in [1.29, 1.82) is 0 Å². The first-order chi connectivity index (χ1) is 16.6. The minimum atomic E-state index is -4.86. The third-order valence-electron chi connectivity index (χ3n) is 5.16. The van der Waals surface area contributed by atoms with Gasteiger partial charge in [-0.15, -0.1) is 19.8 Å². The molecule has 0 saturated carbocycles. The van der Waals surface area contributed by atoms with Crippen molar-refractivity contribution in [2.75, 3.05) is 14.2 Å². The van der Waals surface area contributed by atoms with Crippen molar-refractivity contribution < 1.29 is 42.1 Å². The molecule has 0 amide bonds. The van der Waals surface area contributed by atoms with E-state index in [0.29, 0.717) is 16.7 Å². The fourth-order valence-electron chi connectivity index (χ4n) is 3.69. The largest absolute Gasteiger partial charge is 0.573 e. The number of nitrogens with zero attached hydrogens (tertiary/aromatic N) is 1. The Morgan fingerprint density at radius 1 is 1.09 bits per heavy atom. The maximum atomic E-state index is 12.7. The van der Waals surface area contributed by atoms with Gasteiger partial charge >= 0.3 is 18.3 Å². The van der Waals surface area contributed by atoms with E-state index in [1.165, 1.54) is 42.6 Å². The zero-order chi connectivity index (χ0) is 25.8. The number of fused-ring (bicyclic) bond motifs is 1. The van der Waals surface area contributed by atoms with Gasteiger partial charge in [-0.1, -0.05) is 24.3 Å². The van der Waals surface area contributed by atoms with E-state index >= 15 is 0 Å². The molecule has 10 heteroatoms. The number of halogens is 3. The van der Waals surface area contributed by atoms with Crippen LogP contribution in [-0.2, 0) is 25.6 Å². The van der Waals surface area contributed by atoms with Gasteiger partial charge in [0.2, 0.25) is 0 Å². The molecule has 0 radical (unpaired) electrons. The Kier molecular flexibility index (Phi) is 7.53. The summed E-state index contributed by atoms with van der Waals surface area (Å²) in [6.07, 6.45) is -0.533. The molecule has 0 bridgehead atoms. The van der Waals surface area contributed by atoms with Crippen LogP contribution in [0.1, 0.15) is 22.7 Å². The van der Waals surface area contributed by atoms with Gasteiger partial charge in [0.15, 0.2) is 0 Å². The fourth-order valence-corrected chi connectivity index (χ4v) is 3.69. The van der Waals surface area contributed by atoms with Crippen LogP contribution in [0.15, 0.2) is 72.5 Å². The fraction of sp³-hybridized carbons (Fsp3) is 0.200. The van der Waals surface area contributed by atoms with Crippen molar-refractivity contribution >= 4 is 18.0 Å². The number of hydrogen-bond acceptors (Lipinski definition) is 7. The minimum Gasteiger partial charge on any atom is -0.508 e. The summed E-state index contributed by atoms with van der Waals surface area (Å²) < 4.78 is 51.8. The number of ether oxygens (including phenoxy) is 3. The molecule has 184 valence electrons. The van der Waals surface area contributed by atoms with E-state index in [9.17, 15) is 27.9 Å². The molecule has 1 atom stereocenters. The molecule has 35 heavy (non-hydrogen) atoms. The van der Waals surface area contributed by atoms with Crippen molar-refractivity contribution in [3.05, 3.63) is 89.2 Å². The molecular formula is C25H22F3NO6. The highest BCUT2D eigenvalue weighted by molar-refractivity contribution is 6.10. The van der Waals surface area contributed by atoms with E-state index in [4.69, 9.17) is 9.47 Å². The quantitative estimate of drug-likeness (QED) is 0.467. The van der Waals surface area contributed by atoms with Crippen molar-refractivity contribution in [1.82, 2.24) is 4.90 Å². The summed E-state index contributed by atoms with van der Waals surface area (Å²) in [4.78, 5) is 26.8. The van der Waals surface area contributed by atoms with E-state index in [0.717, 1.165) is 20.3 Å². The standard InChI is InChI=1S/C25H22F3NO6/c1-4-22-19-12-17(30)9-8-16(19)11-20(23(31)33-2)21(24(32)34-3)14-29(22)13-15-6-5-7-18(10-15)35-25(26,27)28/h4-12,14,22,30H,1,13H2,2-3H3. The van der Waals surface area contributed by atoms with Crippen molar-refractivity contribution in [2.24, 2.45) is 0 Å². The molecule has 3 rings (SSSR count). The molecule has 7 nitrogen and oxygen atoms in total. The van der Waals surface area contributed by atoms with Gasteiger partial charge in [0, 0.05) is 12.7 Å². The second-order valence-electron chi connectivity index (χ2n) is 7.45. The first-order valence-corrected chi connectivity index (χ1v) is 10.2. The van der Waals surface area contributed by atoms with Gasteiger partial charge in [0.25, 0.3) is 0 Å². The van der Waals surface area contributed by atoms with Crippen LogP contribution >= 0.6 is 0 Å². The van der Waals surface area contributed by atoms with Gasteiger partial charge in [-0.05, 0) is 47.0 Å². The number of aromatic hydroxyl groups is 1. The Bertz CT molecular complexity index is 1200. The molecule has 1 unspecified atom stereocenters. The predicted molar refractivity (Wildman–Crippen MR) is 120 cm³/mol. The number of rotatable bonds is 6. The summed E-state index contributed by atoms with van der Waals surface area (Å²) in [5, 5.41) is 10.1. The molecule has 1 aliphatic rings. The summed E-state index contributed by atoms with van der Waals surface area (Å²) >= 11 is 0. The van der Waals surface area contributed by atoms with Gasteiger partial charge in [-0.25, -0.2) is 9.59 Å². The maximum Gasteiger partial charge on any atom is 0.573 e. The lowest BCUT2D eigenvalue weighted by molar-refractivity contribution is -0.274. The average molecular weight is 489 g/mol. The number of benzene rings is 2. The zero-order valence-corrected chi connectivity index (χ0v) is 18.8. The molecule has 0 aliphatic carbocycles. The molecular weight excluding hydrogens is 467 g/mol. The normalized spacial score (nSPS) is 15.6. The van der Waals surface area contributed by atoms with E-state index in [1.807, 2.05) is 0 Å². The van der Waals surface area contributed by atoms with Crippen molar-refractivity contribution in [2.45, 2.75) is 18.9 Å². The van der Waals surface area contributed by atoms with E-state index < -0.39 is 30.1 Å².